The van der Waals surface area contributed by atoms with E-state index in [-0.39, 0.29) is 5.60 Å². The van der Waals surface area contributed by atoms with E-state index in [1.807, 2.05) is 6.07 Å². The summed E-state index contributed by atoms with van der Waals surface area (Å²) in [5.41, 5.74) is 1.23. The summed E-state index contributed by atoms with van der Waals surface area (Å²) in [6.45, 7) is 7.15. The van der Waals surface area contributed by atoms with Gasteiger partial charge in [0.25, 0.3) is 0 Å². The van der Waals surface area contributed by atoms with Crippen LogP contribution in [0.1, 0.15) is 51.5 Å². The molecule has 3 nitrogen and oxygen atoms in total. The molecule has 0 radical (unpaired) electrons. The Bertz CT molecular complexity index is 549. The van der Waals surface area contributed by atoms with Crippen molar-refractivity contribution in [3.63, 3.8) is 0 Å². The first kappa shape index (κ1) is 12.4. The van der Waals surface area contributed by atoms with Crippen LogP contribution in [0, 0.1) is 11.8 Å². The summed E-state index contributed by atoms with van der Waals surface area (Å²) in [6, 6.07) is 4.18. The van der Waals surface area contributed by atoms with Gasteiger partial charge in [0, 0.05) is 17.5 Å². The second-order valence-electron chi connectivity index (χ2n) is 7.08. The Kier molecular flexibility index (Phi) is 2.51. The fraction of sp³-hybridized carbons (Fsp3) is 0.647. The number of ether oxygens (including phenoxy) is 3. The third-order valence-corrected chi connectivity index (χ3v) is 5.28. The van der Waals surface area contributed by atoms with Crippen LogP contribution in [0.15, 0.2) is 12.1 Å². The Morgan fingerprint density at radius 1 is 1.05 bits per heavy atom. The highest BCUT2D eigenvalue weighted by atomic mass is 16.7. The lowest BCUT2D eigenvalue weighted by molar-refractivity contribution is -0.0137. The zero-order valence-electron chi connectivity index (χ0n) is 12.4. The minimum Gasteiger partial charge on any atom is -0.487 e. The van der Waals surface area contributed by atoms with Gasteiger partial charge in [0.05, 0.1) is 0 Å². The van der Waals surface area contributed by atoms with Crippen LogP contribution in [-0.2, 0) is 0 Å². The molecule has 1 aromatic carbocycles. The zero-order valence-corrected chi connectivity index (χ0v) is 12.4. The topological polar surface area (TPSA) is 27.7 Å². The van der Waals surface area contributed by atoms with E-state index in [9.17, 15) is 0 Å². The SMILES string of the molecule is C[C@@H]1CC[C@@H]2C(C1)c1cc3c(cc1OC2(C)C)OCO3. The largest absolute Gasteiger partial charge is 0.487 e. The number of rotatable bonds is 0. The summed E-state index contributed by atoms with van der Waals surface area (Å²) in [6.07, 6.45) is 3.82. The minimum absolute atomic E-state index is 0.0918. The van der Waals surface area contributed by atoms with Crippen molar-refractivity contribution in [3.05, 3.63) is 17.7 Å². The molecule has 2 heterocycles. The molecule has 1 unspecified atom stereocenters. The molecule has 3 atom stereocenters. The van der Waals surface area contributed by atoms with E-state index in [2.05, 4.69) is 26.8 Å². The molecule has 3 aliphatic rings. The highest BCUT2D eigenvalue weighted by Gasteiger charge is 2.46. The maximum atomic E-state index is 6.31. The number of benzene rings is 1. The Labute approximate surface area is 120 Å². The van der Waals surface area contributed by atoms with Crippen LogP contribution in [0.3, 0.4) is 0 Å². The standard InChI is InChI=1S/C17H22O3/c1-10-4-5-13-11(6-10)12-7-15-16(19-9-18-15)8-14(12)20-17(13,2)3/h7-8,10-11,13H,4-6,9H2,1-3H3/t10-,11?,13-/m1/s1. The highest BCUT2D eigenvalue weighted by Crippen LogP contribution is 2.55. The molecule has 1 saturated carbocycles. The average molecular weight is 274 g/mol. The van der Waals surface area contributed by atoms with Gasteiger partial charge in [-0.05, 0) is 44.6 Å². The van der Waals surface area contributed by atoms with E-state index < -0.39 is 0 Å². The molecule has 1 aromatic rings. The van der Waals surface area contributed by atoms with E-state index in [1.54, 1.807) is 0 Å². The summed E-state index contributed by atoms with van der Waals surface area (Å²) in [4.78, 5) is 0. The predicted molar refractivity (Wildman–Crippen MR) is 76.5 cm³/mol. The lowest BCUT2D eigenvalue weighted by atomic mass is 9.64. The van der Waals surface area contributed by atoms with Crippen molar-refractivity contribution in [1.29, 1.82) is 0 Å². The number of hydrogen-bond acceptors (Lipinski definition) is 3. The van der Waals surface area contributed by atoms with E-state index in [4.69, 9.17) is 14.2 Å². The predicted octanol–water partition coefficient (Wildman–Crippen LogP) is 4.11. The molecule has 1 fully saturated rings. The first-order chi connectivity index (χ1) is 9.54. The lowest BCUT2D eigenvalue weighted by Crippen LogP contribution is -2.46. The zero-order chi connectivity index (χ0) is 13.9. The van der Waals surface area contributed by atoms with E-state index in [0.717, 1.165) is 23.2 Å². The molecule has 0 saturated heterocycles. The van der Waals surface area contributed by atoms with E-state index >= 15 is 0 Å². The van der Waals surface area contributed by atoms with Gasteiger partial charge < -0.3 is 14.2 Å². The quantitative estimate of drug-likeness (QED) is 0.712. The normalized spacial score (nSPS) is 33.0. The van der Waals surface area contributed by atoms with Crippen molar-refractivity contribution >= 4 is 0 Å². The van der Waals surface area contributed by atoms with Crippen LogP contribution in [0.25, 0.3) is 0 Å². The van der Waals surface area contributed by atoms with Gasteiger partial charge in [-0.2, -0.15) is 0 Å². The average Bonchev–Trinajstić information content (AvgIpc) is 2.83. The summed E-state index contributed by atoms with van der Waals surface area (Å²) >= 11 is 0. The minimum atomic E-state index is -0.0918. The molecule has 4 rings (SSSR count). The summed E-state index contributed by atoms with van der Waals surface area (Å²) < 4.78 is 17.3. The third-order valence-electron chi connectivity index (χ3n) is 5.28. The summed E-state index contributed by atoms with van der Waals surface area (Å²) in [7, 11) is 0. The van der Waals surface area contributed by atoms with Crippen molar-refractivity contribution < 1.29 is 14.2 Å². The molecule has 3 heteroatoms. The van der Waals surface area contributed by atoms with Gasteiger partial charge >= 0.3 is 0 Å². The Morgan fingerprint density at radius 2 is 1.80 bits per heavy atom. The van der Waals surface area contributed by atoms with Gasteiger partial charge in [-0.3, -0.25) is 0 Å². The van der Waals surface area contributed by atoms with Gasteiger partial charge in [-0.25, -0.2) is 0 Å². The van der Waals surface area contributed by atoms with Crippen LogP contribution in [0.4, 0.5) is 0 Å². The maximum Gasteiger partial charge on any atom is 0.231 e. The summed E-state index contributed by atoms with van der Waals surface area (Å²) in [5, 5.41) is 0. The van der Waals surface area contributed by atoms with Crippen molar-refractivity contribution in [2.75, 3.05) is 6.79 Å². The van der Waals surface area contributed by atoms with Gasteiger partial charge in [0.1, 0.15) is 11.4 Å². The highest BCUT2D eigenvalue weighted by molar-refractivity contribution is 5.54. The van der Waals surface area contributed by atoms with Crippen LogP contribution in [-0.4, -0.2) is 12.4 Å². The molecule has 20 heavy (non-hydrogen) atoms. The fourth-order valence-electron chi connectivity index (χ4n) is 4.23. The van der Waals surface area contributed by atoms with Gasteiger partial charge in [0.15, 0.2) is 11.5 Å². The monoisotopic (exact) mass is 274 g/mol. The van der Waals surface area contributed by atoms with Gasteiger partial charge in [-0.1, -0.05) is 13.3 Å². The van der Waals surface area contributed by atoms with Crippen molar-refractivity contribution in [1.82, 2.24) is 0 Å². The van der Waals surface area contributed by atoms with Gasteiger partial charge in [0.2, 0.25) is 6.79 Å². The molecule has 1 aliphatic carbocycles. The number of fused-ring (bicyclic) bond motifs is 4. The molecule has 0 spiro atoms. The number of hydrogen-bond donors (Lipinski definition) is 0. The molecule has 2 aliphatic heterocycles. The molecule has 0 aromatic heterocycles. The first-order valence-electron chi connectivity index (χ1n) is 7.67. The summed E-state index contributed by atoms with van der Waals surface area (Å²) in [5.74, 6) is 4.68. The molecule has 108 valence electrons. The second kappa shape index (κ2) is 4.06. The third kappa shape index (κ3) is 1.72. The molecular formula is C17H22O3. The maximum absolute atomic E-state index is 6.31. The Morgan fingerprint density at radius 3 is 2.60 bits per heavy atom. The molecule has 0 amide bonds. The van der Waals surface area contributed by atoms with Crippen molar-refractivity contribution in [2.24, 2.45) is 11.8 Å². The molecule has 0 bridgehead atoms. The first-order valence-corrected chi connectivity index (χ1v) is 7.67. The fourth-order valence-corrected chi connectivity index (χ4v) is 4.23. The molecular weight excluding hydrogens is 252 g/mol. The Hall–Kier alpha value is -1.38. The van der Waals surface area contributed by atoms with Crippen LogP contribution in [0.5, 0.6) is 17.2 Å². The van der Waals surface area contributed by atoms with Crippen LogP contribution >= 0.6 is 0 Å². The lowest BCUT2D eigenvalue weighted by Gasteiger charge is -2.48. The van der Waals surface area contributed by atoms with Crippen LogP contribution < -0.4 is 14.2 Å². The van der Waals surface area contributed by atoms with E-state index in [1.165, 1.54) is 24.8 Å². The Balaban J connectivity index is 1.82. The van der Waals surface area contributed by atoms with E-state index in [0.29, 0.717) is 18.6 Å². The smallest absolute Gasteiger partial charge is 0.231 e. The van der Waals surface area contributed by atoms with Crippen molar-refractivity contribution in [3.8, 4) is 17.2 Å². The molecule has 0 N–H and O–H groups in total. The second-order valence-corrected chi connectivity index (χ2v) is 7.08. The van der Waals surface area contributed by atoms with Crippen LogP contribution in [0.2, 0.25) is 0 Å². The van der Waals surface area contributed by atoms with Crippen molar-refractivity contribution in [2.45, 2.75) is 51.6 Å². The van der Waals surface area contributed by atoms with Gasteiger partial charge in [-0.15, -0.1) is 0 Å².